The minimum atomic E-state index is -0.848. The van der Waals surface area contributed by atoms with Crippen molar-refractivity contribution in [3.63, 3.8) is 0 Å². The predicted octanol–water partition coefficient (Wildman–Crippen LogP) is 4.60. The van der Waals surface area contributed by atoms with E-state index in [9.17, 15) is 14.4 Å². The first kappa shape index (κ1) is 27.0. The molecule has 1 N–H and O–H groups in total. The molecule has 0 spiro atoms. The van der Waals surface area contributed by atoms with Crippen LogP contribution in [-0.4, -0.2) is 35.9 Å². The van der Waals surface area contributed by atoms with E-state index in [1.54, 1.807) is 0 Å². The molecule has 7 heteroatoms. The van der Waals surface area contributed by atoms with Crippen LogP contribution in [0.25, 0.3) is 0 Å². The first-order chi connectivity index (χ1) is 17.4. The average Bonchev–Trinajstić information content (AvgIpc) is 2.90. The molecule has 188 valence electrons. The number of ether oxygens (including phenoxy) is 2. The van der Waals surface area contributed by atoms with Gasteiger partial charge in [-0.1, -0.05) is 84.6 Å². The Labute approximate surface area is 216 Å². The maximum atomic E-state index is 13.2. The lowest BCUT2D eigenvalue weighted by molar-refractivity contribution is -0.145. The third-order valence-electron chi connectivity index (χ3n) is 5.60. The van der Waals surface area contributed by atoms with Crippen LogP contribution in [0.2, 0.25) is 0 Å². The minimum absolute atomic E-state index is 0.0556. The second kappa shape index (κ2) is 14.1. The van der Waals surface area contributed by atoms with Crippen molar-refractivity contribution in [2.75, 3.05) is 12.9 Å². The number of esters is 1. The molecule has 0 radical (unpaired) electrons. The summed E-state index contributed by atoms with van der Waals surface area (Å²) in [5.74, 6) is -0.235. The van der Waals surface area contributed by atoms with Gasteiger partial charge in [-0.25, -0.2) is 4.79 Å². The van der Waals surface area contributed by atoms with Crippen LogP contribution in [0.4, 0.5) is 0 Å². The highest BCUT2D eigenvalue weighted by atomic mass is 32.2. The molecule has 0 aliphatic carbocycles. The maximum absolute atomic E-state index is 13.2. The fourth-order valence-electron chi connectivity index (χ4n) is 3.67. The van der Waals surface area contributed by atoms with Gasteiger partial charge in [-0.3, -0.25) is 9.59 Å². The predicted molar refractivity (Wildman–Crippen MR) is 142 cm³/mol. The molecule has 3 rings (SSSR count). The lowest BCUT2D eigenvalue weighted by Gasteiger charge is -2.21. The maximum Gasteiger partial charge on any atom is 0.328 e. The molecule has 3 aromatic rings. The SMILES string of the molecule is COC(=O)[C@H](Cc1ccc(OCc2ccccc2)cc1)NC(=O)C(CSC(C)=O)Cc1ccccc1. The van der Waals surface area contributed by atoms with Gasteiger partial charge in [-0.05, 0) is 35.2 Å². The Morgan fingerprint density at radius 3 is 1.97 bits per heavy atom. The summed E-state index contributed by atoms with van der Waals surface area (Å²) >= 11 is 1.11. The molecule has 2 atom stereocenters. The van der Waals surface area contributed by atoms with Gasteiger partial charge in [0.15, 0.2) is 5.12 Å². The number of nitrogens with one attached hydrogen (secondary N) is 1. The number of amides is 1. The van der Waals surface area contributed by atoms with Gasteiger partial charge >= 0.3 is 5.97 Å². The largest absolute Gasteiger partial charge is 0.489 e. The van der Waals surface area contributed by atoms with Crippen molar-refractivity contribution in [3.05, 3.63) is 102 Å². The van der Waals surface area contributed by atoms with Crippen molar-refractivity contribution in [1.82, 2.24) is 5.32 Å². The molecule has 0 saturated carbocycles. The van der Waals surface area contributed by atoms with Gasteiger partial charge in [0.2, 0.25) is 5.91 Å². The van der Waals surface area contributed by atoms with Crippen LogP contribution < -0.4 is 10.1 Å². The normalized spacial score (nSPS) is 12.3. The molecule has 1 unspecified atom stereocenters. The second-order valence-corrected chi connectivity index (χ2v) is 9.59. The summed E-state index contributed by atoms with van der Waals surface area (Å²) in [6, 6.07) is 26.1. The number of carbonyl (C=O) groups excluding carboxylic acids is 3. The zero-order chi connectivity index (χ0) is 25.8. The Kier molecular flexibility index (Phi) is 10.6. The molecule has 0 aliphatic heterocycles. The van der Waals surface area contributed by atoms with E-state index in [4.69, 9.17) is 9.47 Å². The number of benzene rings is 3. The topological polar surface area (TPSA) is 81.7 Å². The number of hydrogen-bond donors (Lipinski definition) is 1. The fraction of sp³-hybridized carbons (Fsp3) is 0.276. The Hall–Kier alpha value is -3.58. The quantitative estimate of drug-likeness (QED) is 0.362. The standard InChI is InChI=1S/C29H31NO5S/c1-21(31)36-20-25(17-22-9-5-3-6-10-22)28(32)30-27(29(33)34-2)18-23-13-15-26(16-14-23)35-19-24-11-7-4-8-12-24/h3-16,25,27H,17-20H2,1-2H3,(H,30,32)/t25?,27-/m0/s1. The van der Waals surface area contributed by atoms with E-state index in [0.717, 1.165) is 28.5 Å². The third kappa shape index (κ3) is 8.89. The zero-order valence-corrected chi connectivity index (χ0v) is 21.3. The molecule has 0 aliphatic rings. The molecule has 0 saturated heterocycles. The molecule has 0 aromatic heterocycles. The van der Waals surface area contributed by atoms with Crippen molar-refractivity contribution in [2.45, 2.75) is 32.4 Å². The van der Waals surface area contributed by atoms with E-state index in [0.29, 0.717) is 24.5 Å². The van der Waals surface area contributed by atoms with Crippen molar-refractivity contribution < 1.29 is 23.9 Å². The minimum Gasteiger partial charge on any atom is -0.489 e. The first-order valence-electron chi connectivity index (χ1n) is 11.8. The molecule has 0 heterocycles. The summed E-state index contributed by atoms with van der Waals surface area (Å²) in [4.78, 5) is 37.2. The lowest BCUT2D eigenvalue weighted by Crippen LogP contribution is -2.46. The number of carbonyl (C=O) groups is 3. The van der Waals surface area contributed by atoms with Crippen molar-refractivity contribution in [3.8, 4) is 5.75 Å². The number of rotatable bonds is 12. The smallest absolute Gasteiger partial charge is 0.328 e. The summed E-state index contributed by atoms with van der Waals surface area (Å²) in [5, 5.41) is 2.80. The van der Waals surface area contributed by atoms with Crippen molar-refractivity contribution in [1.29, 1.82) is 0 Å². The first-order valence-corrected chi connectivity index (χ1v) is 12.7. The molecule has 0 bridgehead atoms. The Morgan fingerprint density at radius 2 is 1.39 bits per heavy atom. The van der Waals surface area contributed by atoms with Gasteiger partial charge < -0.3 is 14.8 Å². The second-order valence-electron chi connectivity index (χ2n) is 8.40. The fourth-order valence-corrected chi connectivity index (χ4v) is 4.37. The monoisotopic (exact) mass is 505 g/mol. The van der Waals surface area contributed by atoms with Gasteiger partial charge in [-0.2, -0.15) is 0 Å². The molecular weight excluding hydrogens is 474 g/mol. The van der Waals surface area contributed by atoms with Crippen LogP contribution >= 0.6 is 11.8 Å². The zero-order valence-electron chi connectivity index (χ0n) is 20.5. The number of methoxy groups -OCH3 is 1. The molecule has 6 nitrogen and oxygen atoms in total. The summed E-state index contributed by atoms with van der Waals surface area (Å²) in [6.07, 6.45) is 0.740. The van der Waals surface area contributed by atoms with Crippen LogP contribution in [0.5, 0.6) is 5.75 Å². The Bertz CT molecular complexity index is 1120. The number of hydrogen-bond acceptors (Lipinski definition) is 6. The lowest BCUT2D eigenvalue weighted by atomic mass is 9.99. The van der Waals surface area contributed by atoms with Gasteiger partial charge in [0, 0.05) is 19.1 Å². The summed E-state index contributed by atoms with van der Waals surface area (Å²) in [7, 11) is 1.30. The summed E-state index contributed by atoms with van der Waals surface area (Å²) in [6.45, 7) is 1.94. The Balaban J connectivity index is 1.64. The summed E-state index contributed by atoms with van der Waals surface area (Å²) < 4.78 is 10.8. The van der Waals surface area contributed by atoms with Crippen LogP contribution in [0.3, 0.4) is 0 Å². The molecule has 1 amide bonds. The molecule has 36 heavy (non-hydrogen) atoms. The summed E-state index contributed by atoms with van der Waals surface area (Å²) in [5.41, 5.74) is 2.92. The van der Waals surface area contributed by atoms with Gasteiger partial charge in [0.05, 0.1) is 13.0 Å². The van der Waals surface area contributed by atoms with Crippen molar-refractivity contribution >= 4 is 28.8 Å². The highest BCUT2D eigenvalue weighted by molar-refractivity contribution is 8.13. The van der Waals surface area contributed by atoms with Crippen LogP contribution in [0, 0.1) is 5.92 Å². The van der Waals surface area contributed by atoms with E-state index >= 15 is 0 Å². The Morgan fingerprint density at radius 1 is 0.806 bits per heavy atom. The average molecular weight is 506 g/mol. The number of thioether (sulfide) groups is 1. The van der Waals surface area contributed by atoms with Crippen molar-refractivity contribution in [2.24, 2.45) is 5.92 Å². The van der Waals surface area contributed by atoms with Crippen LogP contribution in [0.15, 0.2) is 84.9 Å². The van der Waals surface area contributed by atoms with E-state index in [1.165, 1.54) is 14.0 Å². The highest BCUT2D eigenvalue weighted by Crippen LogP contribution is 2.18. The van der Waals surface area contributed by atoms with Crippen LogP contribution in [-0.2, 0) is 38.6 Å². The van der Waals surface area contributed by atoms with E-state index in [-0.39, 0.29) is 17.4 Å². The van der Waals surface area contributed by atoms with E-state index in [1.807, 2.05) is 84.9 Å². The van der Waals surface area contributed by atoms with Gasteiger partial charge in [-0.15, -0.1) is 0 Å². The third-order valence-corrected chi connectivity index (χ3v) is 6.57. The van der Waals surface area contributed by atoms with Gasteiger partial charge in [0.1, 0.15) is 18.4 Å². The molecule has 3 aromatic carbocycles. The van der Waals surface area contributed by atoms with Crippen LogP contribution in [0.1, 0.15) is 23.6 Å². The molecular formula is C29H31NO5S. The van der Waals surface area contributed by atoms with Gasteiger partial charge in [0.25, 0.3) is 0 Å². The molecule has 0 fully saturated rings. The van der Waals surface area contributed by atoms with E-state index in [2.05, 4.69) is 5.32 Å². The highest BCUT2D eigenvalue weighted by Gasteiger charge is 2.27. The van der Waals surface area contributed by atoms with E-state index < -0.39 is 17.9 Å².